The van der Waals surface area contributed by atoms with Crippen molar-refractivity contribution in [3.8, 4) is 0 Å². The molecule has 0 saturated carbocycles. The number of allylic oxidation sites excluding steroid dienone is 1. The van der Waals surface area contributed by atoms with Crippen molar-refractivity contribution in [3.05, 3.63) is 33.0 Å². The van der Waals surface area contributed by atoms with Crippen LogP contribution in [-0.2, 0) is 0 Å². The Labute approximate surface area is 93.6 Å². The Morgan fingerprint density at radius 2 is 2.21 bits per heavy atom. The van der Waals surface area contributed by atoms with Crippen LogP contribution in [0.25, 0.3) is 0 Å². The first-order chi connectivity index (χ1) is 6.77. The second kappa shape index (κ2) is 4.47. The molecule has 1 nitrogen and oxygen atoms in total. The minimum Gasteiger partial charge on any atom is -0.320 e. The fraction of sp³-hybridized carbons (Fsp3) is 0.455. The van der Waals surface area contributed by atoms with E-state index in [9.17, 15) is 0 Å². The van der Waals surface area contributed by atoms with Gasteiger partial charge in [-0.15, -0.1) is 11.3 Å². The summed E-state index contributed by atoms with van der Waals surface area (Å²) < 4.78 is 0.826. The third-order valence-corrected chi connectivity index (χ3v) is 3.94. The second-order valence-corrected chi connectivity index (χ2v) is 5.39. The maximum Gasteiger partial charge on any atom is 0.0931 e. The molecule has 1 aromatic rings. The van der Waals surface area contributed by atoms with E-state index in [-0.39, 0.29) is 6.04 Å². The van der Waals surface area contributed by atoms with Gasteiger partial charge in [0.05, 0.1) is 10.4 Å². The van der Waals surface area contributed by atoms with Crippen molar-refractivity contribution in [1.29, 1.82) is 0 Å². The van der Waals surface area contributed by atoms with E-state index >= 15 is 0 Å². The highest BCUT2D eigenvalue weighted by Crippen LogP contribution is 2.33. The third kappa shape index (κ3) is 2.19. The first kappa shape index (κ1) is 10.2. The van der Waals surface area contributed by atoms with Crippen molar-refractivity contribution < 1.29 is 0 Å². The molecule has 1 atom stereocenters. The predicted molar refractivity (Wildman–Crippen MR) is 62.8 cm³/mol. The molecule has 0 fully saturated rings. The van der Waals surface area contributed by atoms with Gasteiger partial charge >= 0.3 is 0 Å². The largest absolute Gasteiger partial charge is 0.320 e. The summed E-state index contributed by atoms with van der Waals surface area (Å²) in [6.07, 6.45) is 7.21. The molecule has 0 spiro atoms. The summed E-state index contributed by atoms with van der Waals surface area (Å²) >= 11 is 7.48. The van der Waals surface area contributed by atoms with Gasteiger partial charge in [0, 0.05) is 4.88 Å². The lowest BCUT2D eigenvalue weighted by Crippen LogP contribution is -2.13. The van der Waals surface area contributed by atoms with E-state index in [2.05, 4.69) is 6.08 Å². The molecule has 0 saturated heterocycles. The summed E-state index contributed by atoms with van der Waals surface area (Å²) in [7, 11) is 0. The summed E-state index contributed by atoms with van der Waals surface area (Å²) in [5, 5.41) is 0. The Morgan fingerprint density at radius 1 is 1.36 bits per heavy atom. The van der Waals surface area contributed by atoms with Crippen LogP contribution in [0.4, 0.5) is 0 Å². The average Bonchev–Trinajstić information content (AvgIpc) is 2.65. The zero-order chi connectivity index (χ0) is 9.97. The second-order valence-electron chi connectivity index (χ2n) is 3.64. The van der Waals surface area contributed by atoms with Gasteiger partial charge in [-0.25, -0.2) is 0 Å². The molecule has 14 heavy (non-hydrogen) atoms. The van der Waals surface area contributed by atoms with Crippen LogP contribution in [0.5, 0.6) is 0 Å². The molecule has 0 aliphatic heterocycles. The Morgan fingerprint density at radius 3 is 2.79 bits per heavy atom. The Kier molecular flexibility index (Phi) is 3.26. The molecule has 2 N–H and O–H groups in total. The van der Waals surface area contributed by atoms with Gasteiger partial charge in [0.25, 0.3) is 0 Å². The predicted octanol–water partition coefficient (Wildman–Crippen LogP) is 3.90. The summed E-state index contributed by atoms with van der Waals surface area (Å²) in [6, 6.07) is 4.03. The molecule has 1 unspecified atom stereocenters. The molecule has 76 valence electrons. The number of rotatable bonds is 2. The molecule has 1 heterocycles. The van der Waals surface area contributed by atoms with Gasteiger partial charge < -0.3 is 5.73 Å². The first-order valence-electron chi connectivity index (χ1n) is 4.97. The first-order valence-corrected chi connectivity index (χ1v) is 6.16. The molecule has 1 aromatic heterocycles. The van der Waals surface area contributed by atoms with E-state index in [1.165, 1.54) is 29.7 Å². The fourth-order valence-electron chi connectivity index (χ4n) is 1.82. The van der Waals surface area contributed by atoms with E-state index in [4.69, 9.17) is 17.3 Å². The van der Waals surface area contributed by atoms with Crippen LogP contribution in [0.2, 0.25) is 4.34 Å². The highest BCUT2D eigenvalue weighted by Gasteiger charge is 2.15. The lowest BCUT2D eigenvalue weighted by Gasteiger charge is -2.18. The molecule has 0 radical (unpaired) electrons. The normalized spacial score (nSPS) is 19.1. The van der Waals surface area contributed by atoms with E-state index < -0.39 is 0 Å². The summed E-state index contributed by atoms with van der Waals surface area (Å²) in [4.78, 5) is 1.18. The van der Waals surface area contributed by atoms with Gasteiger partial charge in [-0.2, -0.15) is 0 Å². The van der Waals surface area contributed by atoms with Gasteiger partial charge in [-0.05, 0) is 37.8 Å². The van der Waals surface area contributed by atoms with Crippen molar-refractivity contribution in [1.82, 2.24) is 0 Å². The summed E-state index contributed by atoms with van der Waals surface area (Å²) in [5.74, 6) is 0. The lowest BCUT2D eigenvalue weighted by atomic mass is 9.94. The topological polar surface area (TPSA) is 26.0 Å². The SMILES string of the molecule is NC(C1=CCCCC1)c1ccc(Cl)s1. The van der Waals surface area contributed by atoms with Crippen LogP contribution in [0.3, 0.4) is 0 Å². The number of hydrogen-bond acceptors (Lipinski definition) is 2. The van der Waals surface area contributed by atoms with Gasteiger partial charge in [0.1, 0.15) is 0 Å². The van der Waals surface area contributed by atoms with Gasteiger partial charge in [-0.3, -0.25) is 0 Å². The quantitative estimate of drug-likeness (QED) is 0.762. The van der Waals surface area contributed by atoms with E-state index in [1.54, 1.807) is 11.3 Å². The molecule has 3 heteroatoms. The van der Waals surface area contributed by atoms with Crippen LogP contribution in [0, 0.1) is 0 Å². The van der Waals surface area contributed by atoms with Gasteiger partial charge in [0.2, 0.25) is 0 Å². The molecule has 1 aliphatic carbocycles. The highest BCUT2D eigenvalue weighted by molar-refractivity contribution is 7.16. The smallest absolute Gasteiger partial charge is 0.0931 e. The van der Waals surface area contributed by atoms with Crippen LogP contribution >= 0.6 is 22.9 Å². The third-order valence-electron chi connectivity index (χ3n) is 2.63. The van der Waals surface area contributed by atoms with Crippen molar-refractivity contribution in [2.75, 3.05) is 0 Å². The van der Waals surface area contributed by atoms with Crippen LogP contribution in [0.1, 0.15) is 36.6 Å². The molecule has 0 aromatic carbocycles. The van der Waals surface area contributed by atoms with E-state index in [0.29, 0.717) is 0 Å². The molecule has 0 bridgehead atoms. The maximum atomic E-state index is 6.17. The number of halogens is 1. The Balaban J connectivity index is 2.14. The van der Waals surface area contributed by atoms with Gasteiger partial charge in [0.15, 0.2) is 0 Å². The molecule has 1 aliphatic rings. The lowest BCUT2D eigenvalue weighted by molar-refractivity contribution is 0.652. The molecule has 0 amide bonds. The minimum atomic E-state index is 0.0767. The number of thiophene rings is 1. The van der Waals surface area contributed by atoms with Crippen molar-refractivity contribution in [2.45, 2.75) is 31.7 Å². The van der Waals surface area contributed by atoms with Crippen molar-refractivity contribution >= 4 is 22.9 Å². The van der Waals surface area contributed by atoms with Crippen LogP contribution in [0.15, 0.2) is 23.8 Å². The molecular formula is C11H14ClNS. The monoisotopic (exact) mass is 227 g/mol. The molecular weight excluding hydrogens is 214 g/mol. The standard InChI is InChI=1S/C11H14ClNS/c12-10-7-6-9(14-10)11(13)8-4-2-1-3-5-8/h4,6-7,11H,1-3,5,13H2. The van der Waals surface area contributed by atoms with E-state index in [0.717, 1.165) is 10.8 Å². The van der Waals surface area contributed by atoms with Crippen molar-refractivity contribution in [2.24, 2.45) is 5.73 Å². The average molecular weight is 228 g/mol. The summed E-state index contributed by atoms with van der Waals surface area (Å²) in [6.45, 7) is 0. The molecule has 2 rings (SSSR count). The van der Waals surface area contributed by atoms with Crippen molar-refractivity contribution in [3.63, 3.8) is 0 Å². The van der Waals surface area contributed by atoms with Crippen LogP contribution < -0.4 is 5.73 Å². The number of nitrogens with two attached hydrogens (primary N) is 1. The zero-order valence-electron chi connectivity index (χ0n) is 8.00. The zero-order valence-corrected chi connectivity index (χ0v) is 9.57. The Hall–Kier alpha value is -0.310. The van der Waals surface area contributed by atoms with E-state index in [1.807, 2.05) is 12.1 Å². The number of hydrogen-bond donors (Lipinski definition) is 1. The Bertz CT molecular complexity index is 343. The van der Waals surface area contributed by atoms with Gasteiger partial charge in [-0.1, -0.05) is 23.3 Å². The van der Waals surface area contributed by atoms with Crippen LogP contribution in [-0.4, -0.2) is 0 Å². The summed E-state index contributed by atoms with van der Waals surface area (Å²) in [5.41, 5.74) is 7.55. The highest BCUT2D eigenvalue weighted by atomic mass is 35.5. The fourth-order valence-corrected chi connectivity index (χ4v) is 2.93. The maximum absolute atomic E-state index is 6.17. The minimum absolute atomic E-state index is 0.0767.